The Morgan fingerprint density at radius 1 is 1.09 bits per heavy atom. The number of hydrogen-bond acceptors (Lipinski definition) is 3. The number of carbonyl (C=O) groups is 1. The van der Waals surface area contributed by atoms with E-state index in [2.05, 4.69) is 11.9 Å². The van der Waals surface area contributed by atoms with E-state index >= 15 is 0 Å². The van der Waals surface area contributed by atoms with Crippen molar-refractivity contribution in [3.8, 4) is 0 Å². The van der Waals surface area contributed by atoms with Crippen LogP contribution < -0.4 is 5.56 Å². The SMILES string of the molecule is CN1CCN(C(=O)c2cc3ccccc3c(=O)n2C2CC2)CC1. The smallest absolute Gasteiger partial charge is 0.270 e. The highest BCUT2D eigenvalue weighted by Crippen LogP contribution is 2.35. The van der Waals surface area contributed by atoms with E-state index in [1.165, 1.54) is 0 Å². The van der Waals surface area contributed by atoms with Gasteiger partial charge in [0.05, 0.1) is 0 Å². The predicted octanol–water partition coefficient (Wildman–Crippen LogP) is 1.72. The van der Waals surface area contributed by atoms with E-state index in [1.807, 2.05) is 35.2 Å². The number of likely N-dealkylation sites (N-methyl/N-ethyl adjacent to an activating group) is 1. The van der Waals surface area contributed by atoms with E-state index in [0.29, 0.717) is 11.1 Å². The van der Waals surface area contributed by atoms with Crippen LogP contribution >= 0.6 is 0 Å². The predicted molar refractivity (Wildman–Crippen MR) is 89.9 cm³/mol. The van der Waals surface area contributed by atoms with Gasteiger partial charge in [-0.25, -0.2) is 0 Å². The maximum atomic E-state index is 13.0. The fraction of sp³-hybridized carbons (Fsp3) is 0.444. The summed E-state index contributed by atoms with van der Waals surface area (Å²) < 4.78 is 1.74. The third-order valence-corrected chi connectivity index (χ3v) is 4.88. The van der Waals surface area contributed by atoms with Crippen LogP contribution in [0.5, 0.6) is 0 Å². The van der Waals surface area contributed by atoms with Gasteiger partial charge in [-0.05, 0) is 37.4 Å². The second kappa shape index (κ2) is 5.49. The summed E-state index contributed by atoms with van der Waals surface area (Å²) in [4.78, 5) is 30.0. The number of hydrogen-bond donors (Lipinski definition) is 0. The van der Waals surface area contributed by atoms with Crippen LogP contribution in [0.2, 0.25) is 0 Å². The summed E-state index contributed by atoms with van der Waals surface area (Å²) in [5, 5.41) is 1.56. The maximum Gasteiger partial charge on any atom is 0.270 e. The van der Waals surface area contributed by atoms with Gasteiger partial charge in [0.25, 0.3) is 11.5 Å². The molecule has 1 saturated carbocycles. The summed E-state index contributed by atoms with van der Waals surface area (Å²) in [6.45, 7) is 3.21. The average Bonchev–Trinajstić information content (AvgIpc) is 3.39. The van der Waals surface area contributed by atoms with Crippen LogP contribution in [-0.2, 0) is 0 Å². The molecule has 1 aromatic carbocycles. The van der Waals surface area contributed by atoms with Gasteiger partial charge in [-0.15, -0.1) is 0 Å². The van der Waals surface area contributed by atoms with E-state index in [1.54, 1.807) is 4.57 Å². The van der Waals surface area contributed by atoms with Crippen LogP contribution in [0.3, 0.4) is 0 Å². The van der Waals surface area contributed by atoms with Crippen molar-refractivity contribution in [3.05, 3.63) is 46.4 Å². The van der Waals surface area contributed by atoms with E-state index in [0.717, 1.165) is 44.4 Å². The first kappa shape index (κ1) is 14.5. The first-order valence-corrected chi connectivity index (χ1v) is 8.27. The summed E-state index contributed by atoms with van der Waals surface area (Å²) in [5.74, 6) is -0.00662. The number of fused-ring (bicyclic) bond motifs is 1. The average molecular weight is 311 g/mol. The van der Waals surface area contributed by atoms with E-state index < -0.39 is 0 Å². The summed E-state index contributed by atoms with van der Waals surface area (Å²) in [6.07, 6.45) is 1.97. The first-order valence-electron chi connectivity index (χ1n) is 8.27. The van der Waals surface area contributed by atoms with Crippen LogP contribution in [0.15, 0.2) is 35.1 Å². The highest BCUT2D eigenvalue weighted by atomic mass is 16.2. The van der Waals surface area contributed by atoms with Gasteiger partial charge in [0.2, 0.25) is 0 Å². The second-order valence-corrected chi connectivity index (χ2v) is 6.62. The van der Waals surface area contributed by atoms with Crippen LogP contribution in [0.1, 0.15) is 29.4 Å². The molecule has 1 aromatic heterocycles. The molecular formula is C18H21N3O2. The molecule has 2 aromatic rings. The van der Waals surface area contributed by atoms with E-state index in [4.69, 9.17) is 0 Å². The zero-order valence-corrected chi connectivity index (χ0v) is 13.4. The summed E-state index contributed by atoms with van der Waals surface area (Å²) in [5.41, 5.74) is 0.531. The van der Waals surface area contributed by atoms with Gasteiger partial charge in [-0.3, -0.25) is 9.59 Å². The minimum Gasteiger partial charge on any atom is -0.335 e. The van der Waals surface area contributed by atoms with Crippen molar-refractivity contribution in [3.63, 3.8) is 0 Å². The van der Waals surface area contributed by atoms with Crippen LogP contribution in [-0.4, -0.2) is 53.5 Å². The minimum atomic E-state index is -0.0249. The highest BCUT2D eigenvalue weighted by molar-refractivity contribution is 5.97. The molecule has 23 heavy (non-hydrogen) atoms. The molecule has 4 rings (SSSR count). The lowest BCUT2D eigenvalue weighted by Gasteiger charge is -2.33. The fourth-order valence-corrected chi connectivity index (χ4v) is 3.31. The third-order valence-electron chi connectivity index (χ3n) is 4.88. The maximum absolute atomic E-state index is 13.0. The van der Waals surface area contributed by atoms with Gasteiger partial charge < -0.3 is 14.4 Å². The van der Waals surface area contributed by atoms with Crippen LogP contribution in [0.4, 0.5) is 0 Å². The molecule has 0 radical (unpaired) electrons. The zero-order valence-electron chi connectivity index (χ0n) is 13.4. The Bertz CT molecular complexity index is 815. The summed E-state index contributed by atoms with van der Waals surface area (Å²) >= 11 is 0. The van der Waals surface area contributed by atoms with Crippen molar-refractivity contribution in [1.29, 1.82) is 0 Å². The molecule has 120 valence electrons. The Hall–Kier alpha value is -2.14. The normalized spacial score (nSPS) is 19.3. The van der Waals surface area contributed by atoms with Gasteiger partial charge in [0.1, 0.15) is 5.69 Å². The van der Waals surface area contributed by atoms with Crippen LogP contribution in [0, 0.1) is 0 Å². The van der Waals surface area contributed by atoms with Crippen molar-refractivity contribution in [2.24, 2.45) is 0 Å². The second-order valence-electron chi connectivity index (χ2n) is 6.62. The highest BCUT2D eigenvalue weighted by Gasteiger charge is 2.31. The summed E-state index contributed by atoms with van der Waals surface area (Å²) in [7, 11) is 2.07. The molecule has 0 unspecified atom stereocenters. The number of pyridine rings is 1. The molecule has 2 aliphatic rings. The molecular weight excluding hydrogens is 290 g/mol. The van der Waals surface area contributed by atoms with Crippen LogP contribution in [0.25, 0.3) is 10.8 Å². The lowest BCUT2D eigenvalue weighted by atomic mass is 10.1. The standard InChI is InChI=1S/C18H21N3O2/c1-19-8-10-20(11-9-19)18(23)16-12-13-4-2-3-5-15(13)17(22)21(16)14-6-7-14/h2-5,12,14H,6-11H2,1H3. The largest absolute Gasteiger partial charge is 0.335 e. The Kier molecular flexibility index (Phi) is 3.45. The summed E-state index contributed by atoms with van der Waals surface area (Å²) in [6, 6.07) is 9.64. The Morgan fingerprint density at radius 3 is 2.48 bits per heavy atom. The first-order chi connectivity index (χ1) is 11.1. The van der Waals surface area contributed by atoms with E-state index in [9.17, 15) is 9.59 Å². The molecule has 1 aliphatic heterocycles. The number of piperazine rings is 1. The number of rotatable bonds is 2. The Labute approximate surface area is 135 Å². The number of amides is 1. The number of nitrogens with zero attached hydrogens (tertiary/aromatic N) is 3. The number of carbonyl (C=O) groups excluding carboxylic acids is 1. The molecule has 0 bridgehead atoms. The molecule has 2 heterocycles. The lowest BCUT2D eigenvalue weighted by Crippen LogP contribution is -2.48. The van der Waals surface area contributed by atoms with Gasteiger partial charge in [0.15, 0.2) is 0 Å². The molecule has 1 aliphatic carbocycles. The molecule has 5 nitrogen and oxygen atoms in total. The zero-order chi connectivity index (χ0) is 16.0. The molecule has 0 atom stereocenters. The Morgan fingerprint density at radius 2 is 1.78 bits per heavy atom. The van der Waals surface area contributed by atoms with E-state index in [-0.39, 0.29) is 17.5 Å². The molecule has 0 N–H and O–H groups in total. The van der Waals surface area contributed by atoms with Gasteiger partial charge in [-0.2, -0.15) is 0 Å². The fourth-order valence-electron chi connectivity index (χ4n) is 3.31. The third kappa shape index (κ3) is 2.55. The quantitative estimate of drug-likeness (QED) is 0.848. The minimum absolute atomic E-state index is 0.00662. The molecule has 2 fully saturated rings. The molecule has 0 spiro atoms. The Balaban J connectivity index is 1.80. The van der Waals surface area contributed by atoms with Gasteiger partial charge >= 0.3 is 0 Å². The topological polar surface area (TPSA) is 45.6 Å². The molecule has 5 heteroatoms. The van der Waals surface area contributed by atoms with Crippen molar-refractivity contribution in [2.75, 3.05) is 33.2 Å². The lowest BCUT2D eigenvalue weighted by molar-refractivity contribution is 0.0652. The van der Waals surface area contributed by atoms with Crippen molar-refractivity contribution >= 4 is 16.7 Å². The number of benzene rings is 1. The van der Waals surface area contributed by atoms with Crippen molar-refractivity contribution < 1.29 is 4.79 Å². The molecule has 1 amide bonds. The van der Waals surface area contributed by atoms with Gasteiger partial charge in [-0.1, -0.05) is 18.2 Å². The van der Waals surface area contributed by atoms with Gasteiger partial charge in [0, 0.05) is 37.6 Å². The monoisotopic (exact) mass is 311 g/mol. The van der Waals surface area contributed by atoms with Crippen molar-refractivity contribution in [1.82, 2.24) is 14.4 Å². The van der Waals surface area contributed by atoms with Crippen molar-refractivity contribution in [2.45, 2.75) is 18.9 Å². The molecule has 1 saturated heterocycles. The number of aromatic nitrogens is 1.